The molecule has 0 spiro atoms. The average Bonchev–Trinajstić information content (AvgIpc) is 2.83. The van der Waals surface area contributed by atoms with Gasteiger partial charge in [-0.05, 0) is 56.5 Å². The fraction of sp³-hybridized carbons (Fsp3) is 0.850. The molecule has 0 N–H and O–H groups in total. The molecule has 1 aromatic rings. The molecule has 2 saturated carbocycles. The normalized spacial score (nSPS) is 34.4. The van der Waals surface area contributed by atoms with Crippen LogP contribution in [0.2, 0.25) is 0 Å². The van der Waals surface area contributed by atoms with Gasteiger partial charge in [-0.3, -0.25) is 9.80 Å². The maximum Gasteiger partial charge on any atom is 0.0897 e. The van der Waals surface area contributed by atoms with Crippen LogP contribution < -0.4 is 0 Å². The Bertz CT molecular complexity index is 567. The molecular formula is C20H33N3S. The third-order valence-corrected chi connectivity index (χ3v) is 7.83. The Kier molecular flexibility index (Phi) is 4.74. The molecule has 0 bridgehead atoms. The Hall–Kier alpha value is -0.450. The first kappa shape index (κ1) is 17.0. The number of thiazole rings is 1. The van der Waals surface area contributed by atoms with Crippen LogP contribution in [0.5, 0.6) is 0 Å². The molecule has 3 nitrogen and oxygen atoms in total. The fourth-order valence-electron chi connectivity index (χ4n) is 5.99. The molecule has 1 aromatic heterocycles. The predicted octanol–water partition coefficient (Wildman–Crippen LogP) is 4.17. The topological polar surface area (TPSA) is 19.4 Å². The van der Waals surface area contributed by atoms with E-state index in [0.717, 1.165) is 24.4 Å². The van der Waals surface area contributed by atoms with Gasteiger partial charge in [0.05, 0.1) is 10.7 Å². The van der Waals surface area contributed by atoms with Crippen LogP contribution in [0.4, 0.5) is 0 Å². The van der Waals surface area contributed by atoms with Crippen molar-refractivity contribution in [3.05, 3.63) is 16.1 Å². The van der Waals surface area contributed by atoms with Gasteiger partial charge in [-0.25, -0.2) is 4.98 Å². The third-order valence-electron chi connectivity index (χ3n) is 7.01. The standard InChI is InChI=1S/C20H33N3S/c1-15-21-16(14-24-15)13-22-9-6-10-23(12-11-22)19-17-7-4-5-8-18(17)20(19,2)3/h14,17-19H,4-13H2,1-3H3/t17-,18+,19-/m1/s1. The summed E-state index contributed by atoms with van der Waals surface area (Å²) in [5.74, 6) is 1.98. The molecule has 3 atom stereocenters. The summed E-state index contributed by atoms with van der Waals surface area (Å²) in [5.41, 5.74) is 1.80. The number of aromatic nitrogens is 1. The van der Waals surface area contributed by atoms with Gasteiger partial charge in [-0.2, -0.15) is 0 Å². The number of hydrogen-bond acceptors (Lipinski definition) is 4. The molecule has 2 heterocycles. The lowest BCUT2D eigenvalue weighted by molar-refractivity contribution is -0.143. The molecule has 4 heteroatoms. The Morgan fingerprint density at radius 1 is 1.12 bits per heavy atom. The first-order valence-electron chi connectivity index (χ1n) is 9.93. The van der Waals surface area contributed by atoms with Crippen molar-refractivity contribution in [1.29, 1.82) is 0 Å². The molecular weight excluding hydrogens is 314 g/mol. The fourth-order valence-corrected chi connectivity index (χ4v) is 6.60. The molecule has 3 aliphatic rings. The molecule has 24 heavy (non-hydrogen) atoms. The summed E-state index contributed by atoms with van der Waals surface area (Å²) >= 11 is 1.78. The quantitative estimate of drug-likeness (QED) is 0.818. The summed E-state index contributed by atoms with van der Waals surface area (Å²) in [6, 6.07) is 0.837. The lowest BCUT2D eigenvalue weighted by Gasteiger charge is -2.64. The van der Waals surface area contributed by atoms with Gasteiger partial charge in [0.25, 0.3) is 0 Å². The van der Waals surface area contributed by atoms with Crippen LogP contribution in [-0.2, 0) is 6.54 Å². The zero-order valence-electron chi connectivity index (χ0n) is 15.6. The molecule has 1 saturated heterocycles. The Balaban J connectivity index is 1.38. The van der Waals surface area contributed by atoms with Gasteiger partial charge < -0.3 is 0 Å². The first-order chi connectivity index (χ1) is 11.6. The highest BCUT2D eigenvalue weighted by Gasteiger charge is 2.58. The molecule has 0 unspecified atom stereocenters. The second-order valence-electron chi connectivity index (χ2n) is 8.84. The van der Waals surface area contributed by atoms with Crippen molar-refractivity contribution in [2.24, 2.45) is 17.3 Å². The summed E-state index contributed by atoms with van der Waals surface area (Å²) in [6.07, 6.45) is 7.22. The van der Waals surface area contributed by atoms with Crippen LogP contribution in [0.25, 0.3) is 0 Å². The van der Waals surface area contributed by atoms with Crippen molar-refractivity contribution < 1.29 is 0 Å². The second kappa shape index (κ2) is 6.69. The van der Waals surface area contributed by atoms with Crippen molar-refractivity contribution in [2.75, 3.05) is 26.2 Å². The average molecular weight is 348 g/mol. The summed E-state index contributed by atoms with van der Waals surface area (Å²) in [7, 11) is 0. The second-order valence-corrected chi connectivity index (χ2v) is 9.91. The lowest BCUT2D eigenvalue weighted by atomic mass is 9.47. The highest BCUT2D eigenvalue weighted by Crippen LogP contribution is 2.59. The molecule has 1 aliphatic heterocycles. The van der Waals surface area contributed by atoms with Crippen molar-refractivity contribution in [3.8, 4) is 0 Å². The van der Waals surface area contributed by atoms with Gasteiger partial charge in [0.1, 0.15) is 0 Å². The summed E-state index contributed by atoms with van der Waals surface area (Å²) in [6.45, 7) is 13.2. The number of rotatable bonds is 3. The van der Waals surface area contributed by atoms with Gasteiger partial charge in [-0.15, -0.1) is 11.3 Å². The van der Waals surface area contributed by atoms with Gasteiger partial charge in [-0.1, -0.05) is 26.7 Å². The van der Waals surface area contributed by atoms with E-state index in [2.05, 4.69) is 40.9 Å². The highest BCUT2D eigenvalue weighted by molar-refractivity contribution is 7.09. The third kappa shape index (κ3) is 3.06. The monoisotopic (exact) mass is 347 g/mol. The van der Waals surface area contributed by atoms with E-state index in [9.17, 15) is 0 Å². The minimum absolute atomic E-state index is 0.534. The summed E-state index contributed by atoms with van der Waals surface area (Å²) in [5, 5.41) is 3.43. The van der Waals surface area contributed by atoms with Gasteiger partial charge in [0, 0.05) is 31.1 Å². The van der Waals surface area contributed by atoms with E-state index in [1.165, 1.54) is 69.0 Å². The van der Waals surface area contributed by atoms with Crippen LogP contribution in [-0.4, -0.2) is 47.0 Å². The Morgan fingerprint density at radius 2 is 1.96 bits per heavy atom. The van der Waals surface area contributed by atoms with E-state index in [1.54, 1.807) is 11.3 Å². The van der Waals surface area contributed by atoms with Crippen molar-refractivity contribution >= 4 is 11.3 Å². The predicted molar refractivity (Wildman–Crippen MR) is 101 cm³/mol. The number of fused-ring (bicyclic) bond motifs is 1. The lowest BCUT2D eigenvalue weighted by Crippen LogP contribution is -2.66. The number of hydrogen-bond donors (Lipinski definition) is 0. The molecule has 0 amide bonds. The van der Waals surface area contributed by atoms with E-state index in [0.29, 0.717) is 5.41 Å². The molecule has 0 radical (unpaired) electrons. The summed E-state index contributed by atoms with van der Waals surface area (Å²) < 4.78 is 0. The molecule has 4 rings (SSSR count). The first-order valence-corrected chi connectivity index (χ1v) is 10.8. The van der Waals surface area contributed by atoms with Gasteiger partial charge in [0.15, 0.2) is 0 Å². The Morgan fingerprint density at radius 3 is 2.75 bits per heavy atom. The van der Waals surface area contributed by atoms with Crippen molar-refractivity contribution in [3.63, 3.8) is 0 Å². The highest BCUT2D eigenvalue weighted by atomic mass is 32.1. The molecule has 134 valence electrons. The molecule has 2 aliphatic carbocycles. The van der Waals surface area contributed by atoms with Crippen molar-refractivity contribution in [2.45, 2.75) is 65.5 Å². The van der Waals surface area contributed by atoms with Crippen molar-refractivity contribution in [1.82, 2.24) is 14.8 Å². The van der Waals surface area contributed by atoms with Crippen LogP contribution in [0.3, 0.4) is 0 Å². The van der Waals surface area contributed by atoms with Crippen LogP contribution >= 0.6 is 11.3 Å². The van der Waals surface area contributed by atoms with E-state index in [4.69, 9.17) is 0 Å². The number of nitrogens with zero attached hydrogens (tertiary/aromatic N) is 3. The smallest absolute Gasteiger partial charge is 0.0897 e. The molecule has 0 aromatic carbocycles. The zero-order valence-corrected chi connectivity index (χ0v) is 16.4. The maximum atomic E-state index is 4.66. The van der Waals surface area contributed by atoms with E-state index < -0.39 is 0 Å². The zero-order chi connectivity index (χ0) is 16.7. The van der Waals surface area contributed by atoms with Gasteiger partial charge >= 0.3 is 0 Å². The SMILES string of the molecule is Cc1nc(CN2CCCN([C@@H]3[C@@H]4CCCC[C@@H]4C3(C)C)CC2)cs1. The minimum Gasteiger partial charge on any atom is -0.298 e. The van der Waals surface area contributed by atoms with Crippen LogP contribution in [0.1, 0.15) is 56.7 Å². The maximum absolute atomic E-state index is 4.66. The van der Waals surface area contributed by atoms with Crippen LogP contribution in [0, 0.1) is 24.2 Å². The molecule has 3 fully saturated rings. The summed E-state index contributed by atoms with van der Waals surface area (Å²) in [4.78, 5) is 10.1. The van der Waals surface area contributed by atoms with E-state index in [1.807, 2.05) is 0 Å². The number of aryl methyl sites for hydroxylation is 1. The Labute approximate surface area is 151 Å². The van der Waals surface area contributed by atoms with E-state index >= 15 is 0 Å². The van der Waals surface area contributed by atoms with E-state index in [-0.39, 0.29) is 0 Å². The van der Waals surface area contributed by atoms with Crippen LogP contribution in [0.15, 0.2) is 5.38 Å². The van der Waals surface area contributed by atoms with Gasteiger partial charge in [0.2, 0.25) is 0 Å². The minimum atomic E-state index is 0.534. The largest absolute Gasteiger partial charge is 0.298 e.